The van der Waals surface area contributed by atoms with Gasteiger partial charge in [0.25, 0.3) is 0 Å². The van der Waals surface area contributed by atoms with Crippen molar-refractivity contribution < 1.29 is 33.8 Å². The van der Waals surface area contributed by atoms with E-state index in [1.165, 1.54) is 4.90 Å². The number of ether oxygens (including phenoxy) is 2. The lowest BCUT2D eigenvalue weighted by Gasteiger charge is -2.41. The summed E-state index contributed by atoms with van der Waals surface area (Å²) in [6, 6.07) is 7.22. The summed E-state index contributed by atoms with van der Waals surface area (Å²) in [6.07, 6.45) is 6.42. The second kappa shape index (κ2) is 12.0. The monoisotopic (exact) mass is 579 g/mol. The highest BCUT2D eigenvalue weighted by atomic mass is 16.6. The Bertz CT molecular complexity index is 1260. The summed E-state index contributed by atoms with van der Waals surface area (Å²) in [7, 11) is 0. The SMILES string of the molecule is CC(C)[C@H](CO)N1C(=O)[C@@H]2[C@H]3C(=O)O[C@@H](c4ccccc4)CNC(=O)CC/C=C\CN(C(C)C)C(=O)[C@@H]1[C@]21C=C[C@H]3O1. The second-order valence-electron chi connectivity index (χ2n) is 12.2. The highest BCUT2D eigenvalue weighted by Gasteiger charge is 2.74. The average Bonchev–Trinajstić information content (AvgIpc) is 3.60. The number of aliphatic hydroxyl groups is 1. The van der Waals surface area contributed by atoms with Crippen molar-refractivity contribution in [2.24, 2.45) is 17.8 Å². The van der Waals surface area contributed by atoms with Crippen LogP contribution in [0.3, 0.4) is 0 Å². The molecule has 10 nitrogen and oxygen atoms in total. The van der Waals surface area contributed by atoms with Gasteiger partial charge in [0.05, 0.1) is 31.2 Å². The lowest BCUT2D eigenvalue weighted by molar-refractivity contribution is -0.161. The predicted molar refractivity (Wildman–Crippen MR) is 154 cm³/mol. The van der Waals surface area contributed by atoms with Gasteiger partial charge in [0, 0.05) is 19.0 Å². The lowest BCUT2D eigenvalue weighted by atomic mass is 9.74. The summed E-state index contributed by atoms with van der Waals surface area (Å²) in [5.41, 5.74) is -0.662. The minimum Gasteiger partial charge on any atom is -0.455 e. The topological polar surface area (TPSA) is 125 Å². The molecule has 1 spiro atoms. The molecular formula is C32H41N3O7. The van der Waals surface area contributed by atoms with Gasteiger partial charge in [0.15, 0.2) is 0 Å². The van der Waals surface area contributed by atoms with E-state index in [2.05, 4.69) is 5.32 Å². The van der Waals surface area contributed by atoms with Crippen LogP contribution in [-0.2, 0) is 28.7 Å². The van der Waals surface area contributed by atoms with Gasteiger partial charge >= 0.3 is 5.97 Å². The molecule has 0 radical (unpaired) electrons. The third-order valence-electron chi connectivity index (χ3n) is 8.96. The number of fused-ring (bicyclic) bond motifs is 2. The number of aliphatic hydroxyl groups excluding tert-OH is 1. The smallest absolute Gasteiger partial charge is 0.313 e. The Labute approximate surface area is 246 Å². The molecule has 4 aliphatic rings. The molecule has 0 aromatic heterocycles. The maximum absolute atomic E-state index is 14.5. The number of hydrogen-bond acceptors (Lipinski definition) is 7. The first-order valence-corrected chi connectivity index (χ1v) is 14.9. The average molecular weight is 580 g/mol. The molecule has 2 N–H and O–H groups in total. The van der Waals surface area contributed by atoms with Crippen molar-refractivity contribution in [1.82, 2.24) is 15.1 Å². The van der Waals surface area contributed by atoms with Gasteiger partial charge in [-0.05, 0) is 31.7 Å². The maximum atomic E-state index is 14.5. The Hall–Kier alpha value is -3.50. The minimum atomic E-state index is -1.37. The van der Waals surface area contributed by atoms with Crippen molar-refractivity contribution in [2.75, 3.05) is 19.7 Å². The van der Waals surface area contributed by atoms with E-state index in [-0.39, 0.29) is 49.9 Å². The van der Waals surface area contributed by atoms with Gasteiger partial charge in [-0.2, -0.15) is 0 Å². The predicted octanol–water partition coefficient (Wildman–Crippen LogP) is 2.14. The van der Waals surface area contributed by atoms with Gasteiger partial charge < -0.3 is 29.7 Å². The third-order valence-corrected chi connectivity index (χ3v) is 8.96. The zero-order valence-corrected chi connectivity index (χ0v) is 24.6. The van der Waals surface area contributed by atoms with Crippen molar-refractivity contribution in [1.29, 1.82) is 0 Å². The molecule has 226 valence electrons. The van der Waals surface area contributed by atoms with Crippen LogP contribution in [0.25, 0.3) is 0 Å². The largest absolute Gasteiger partial charge is 0.455 e. The number of hydrogen-bond donors (Lipinski definition) is 2. The van der Waals surface area contributed by atoms with Crippen LogP contribution in [0.1, 0.15) is 52.2 Å². The minimum absolute atomic E-state index is 0.0738. The van der Waals surface area contributed by atoms with E-state index in [9.17, 15) is 24.3 Å². The standard InChI is InChI=1S/C32H41N3O7/c1-19(2)22(18-36)35-28-30(39)34(20(3)4)16-10-6-9-13-25(37)33-17-24(21-11-7-5-8-12-21)41-31(40)26-23-14-15-32(28,42-23)27(26)29(35)38/h5-8,10-12,14-15,19-20,22-24,26-28,36H,9,13,16-18H2,1-4H3,(H,33,37)/b10-6-/t22-,23+,24+,26-,27-,28+,32-/m0/s1. The molecule has 4 heterocycles. The third kappa shape index (κ3) is 5.15. The molecule has 7 atom stereocenters. The van der Waals surface area contributed by atoms with Crippen molar-refractivity contribution in [2.45, 2.75) is 76.5 Å². The summed E-state index contributed by atoms with van der Waals surface area (Å²) in [4.78, 5) is 58.5. The lowest BCUT2D eigenvalue weighted by Crippen LogP contribution is -2.60. The van der Waals surface area contributed by atoms with E-state index < -0.39 is 53.6 Å². The molecule has 1 aromatic carbocycles. The van der Waals surface area contributed by atoms with E-state index in [4.69, 9.17) is 9.47 Å². The fourth-order valence-electron chi connectivity index (χ4n) is 6.78. The van der Waals surface area contributed by atoms with Gasteiger partial charge in [-0.15, -0.1) is 0 Å². The number of allylic oxidation sites excluding steroid dienone is 1. The molecule has 3 amide bonds. The molecule has 0 aliphatic carbocycles. The van der Waals surface area contributed by atoms with Crippen LogP contribution in [-0.4, -0.2) is 88.1 Å². The Kier molecular flexibility index (Phi) is 8.57. The molecule has 0 saturated carbocycles. The van der Waals surface area contributed by atoms with Crippen molar-refractivity contribution in [3.63, 3.8) is 0 Å². The van der Waals surface area contributed by atoms with Crippen molar-refractivity contribution in [3.8, 4) is 0 Å². The fraction of sp³-hybridized carbons (Fsp3) is 0.562. The van der Waals surface area contributed by atoms with E-state index in [0.717, 1.165) is 0 Å². The number of carbonyl (C=O) groups excluding carboxylic acids is 4. The van der Waals surface area contributed by atoms with Gasteiger partial charge in [-0.1, -0.05) is 68.5 Å². The van der Waals surface area contributed by atoms with Crippen LogP contribution >= 0.6 is 0 Å². The Morgan fingerprint density at radius 3 is 2.45 bits per heavy atom. The zero-order chi connectivity index (χ0) is 30.2. The van der Waals surface area contributed by atoms with Crippen LogP contribution in [0.4, 0.5) is 0 Å². The van der Waals surface area contributed by atoms with Crippen molar-refractivity contribution >= 4 is 23.7 Å². The summed E-state index contributed by atoms with van der Waals surface area (Å²) in [5.74, 6) is -3.67. The highest BCUT2D eigenvalue weighted by Crippen LogP contribution is 2.56. The van der Waals surface area contributed by atoms with E-state index in [1.54, 1.807) is 17.1 Å². The maximum Gasteiger partial charge on any atom is 0.313 e. The molecule has 42 heavy (non-hydrogen) atoms. The second-order valence-corrected chi connectivity index (χ2v) is 12.2. The first-order valence-electron chi connectivity index (χ1n) is 14.9. The number of esters is 1. The van der Waals surface area contributed by atoms with E-state index in [1.807, 2.05) is 70.2 Å². The van der Waals surface area contributed by atoms with Crippen LogP contribution in [0, 0.1) is 17.8 Å². The molecule has 1 aromatic rings. The van der Waals surface area contributed by atoms with E-state index >= 15 is 0 Å². The number of cyclic esters (lactones) is 1. The van der Waals surface area contributed by atoms with Crippen LogP contribution in [0.15, 0.2) is 54.6 Å². The molecule has 2 saturated heterocycles. The summed E-state index contributed by atoms with van der Waals surface area (Å²) in [5, 5.41) is 13.3. The zero-order valence-electron chi connectivity index (χ0n) is 24.6. The van der Waals surface area contributed by atoms with Gasteiger partial charge in [0.1, 0.15) is 23.7 Å². The first-order chi connectivity index (χ1) is 20.1. The normalized spacial score (nSPS) is 33.3. The molecule has 4 aliphatic heterocycles. The number of nitrogens with zero attached hydrogens (tertiary/aromatic N) is 2. The van der Waals surface area contributed by atoms with Crippen LogP contribution in [0.5, 0.6) is 0 Å². The number of likely N-dealkylation sites (tertiary alicyclic amines) is 1. The van der Waals surface area contributed by atoms with Gasteiger partial charge in [0.2, 0.25) is 17.7 Å². The molecule has 0 unspecified atom stereocenters. The number of benzene rings is 1. The van der Waals surface area contributed by atoms with Crippen molar-refractivity contribution in [3.05, 3.63) is 60.2 Å². The summed E-state index contributed by atoms with van der Waals surface area (Å²) in [6.45, 7) is 7.59. The molecular weight excluding hydrogens is 538 g/mol. The molecule has 10 heteroatoms. The summed E-state index contributed by atoms with van der Waals surface area (Å²) >= 11 is 0. The number of nitrogens with one attached hydrogen (secondary N) is 1. The summed E-state index contributed by atoms with van der Waals surface area (Å²) < 4.78 is 12.5. The number of amides is 3. The van der Waals surface area contributed by atoms with Crippen LogP contribution in [0.2, 0.25) is 0 Å². The van der Waals surface area contributed by atoms with Crippen LogP contribution < -0.4 is 5.32 Å². The highest BCUT2D eigenvalue weighted by molar-refractivity contribution is 5.99. The molecule has 5 rings (SSSR count). The number of rotatable bonds is 5. The Balaban J connectivity index is 1.60. The quantitative estimate of drug-likeness (QED) is 0.405. The van der Waals surface area contributed by atoms with E-state index in [0.29, 0.717) is 12.0 Å². The Morgan fingerprint density at radius 2 is 1.79 bits per heavy atom. The molecule has 5 bridgehead atoms. The molecule has 2 fully saturated rings. The number of carbonyl (C=O) groups is 4. The Morgan fingerprint density at radius 1 is 1.05 bits per heavy atom. The van der Waals surface area contributed by atoms with Gasteiger partial charge in [-0.25, -0.2) is 0 Å². The fourth-order valence-corrected chi connectivity index (χ4v) is 6.78. The first kappa shape index (κ1) is 30.0. The van der Waals surface area contributed by atoms with Gasteiger partial charge in [-0.3, -0.25) is 19.2 Å².